The van der Waals surface area contributed by atoms with Gasteiger partial charge in [-0.05, 0) is 43.9 Å². The normalized spacial score (nSPS) is 18.2. The molecule has 25 heavy (non-hydrogen) atoms. The van der Waals surface area contributed by atoms with Crippen molar-refractivity contribution in [2.75, 3.05) is 6.54 Å². The summed E-state index contributed by atoms with van der Waals surface area (Å²) in [6.07, 6.45) is 1.93. The minimum absolute atomic E-state index is 0.0701. The molecule has 0 saturated carbocycles. The van der Waals surface area contributed by atoms with Crippen molar-refractivity contribution in [2.45, 2.75) is 44.9 Å². The highest BCUT2D eigenvalue weighted by Crippen LogP contribution is 2.27. The molecule has 1 fully saturated rings. The van der Waals surface area contributed by atoms with Gasteiger partial charge in [0.2, 0.25) is 0 Å². The van der Waals surface area contributed by atoms with Crippen molar-refractivity contribution in [3.8, 4) is 0 Å². The van der Waals surface area contributed by atoms with Crippen LogP contribution in [0, 0.1) is 6.92 Å². The highest BCUT2D eigenvalue weighted by Gasteiger charge is 2.30. The van der Waals surface area contributed by atoms with E-state index < -0.39 is 6.10 Å². The van der Waals surface area contributed by atoms with Crippen LogP contribution in [0.3, 0.4) is 0 Å². The third-order valence-electron chi connectivity index (χ3n) is 4.68. The molecule has 1 aromatic heterocycles. The van der Waals surface area contributed by atoms with Crippen LogP contribution >= 0.6 is 0 Å². The molecule has 0 aliphatic carbocycles. The molecular weight excluding hydrogens is 314 g/mol. The Labute approximate surface area is 148 Å². The number of nitrogens with one attached hydrogen (secondary N) is 1. The van der Waals surface area contributed by atoms with E-state index in [1.165, 1.54) is 0 Å². The lowest BCUT2D eigenvalue weighted by atomic mass is 10.0. The molecule has 5 heteroatoms. The summed E-state index contributed by atoms with van der Waals surface area (Å²) in [4.78, 5) is 18.8. The number of pyridine rings is 1. The Kier molecular flexibility index (Phi) is 5.66. The second-order valence-corrected chi connectivity index (χ2v) is 6.58. The molecule has 5 nitrogen and oxygen atoms in total. The Balaban J connectivity index is 1.56. The van der Waals surface area contributed by atoms with E-state index in [9.17, 15) is 9.90 Å². The molecule has 1 aromatic carbocycles. The van der Waals surface area contributed by atoms with Gasteiger partial charge in [-0.2, -0.15) is 0 Å². The molecule has 0 spiro atoms. The third-order valence-corrected chi connectivity index (χ3v) is 4.68. The van der Waals surface area contributed by atoms with Gasteiger partial charge in [0.1, 0.15) is 0 Å². The van der Waals surface area contributed by atoms with Gasteiger partial charge in [-0.1, -0.05) is 36.4 Å². The van der Waals surface area contributed by atoms with Crippen molar-refractivity contribution in [3.05, 3.63) is 65.5 Å². The predicted octanol–water partition coefficient (Wildman–Crippen LogP) is 3.19. The monoisotopic (exact) mass is 339 g/mol. The number of hydrogen-bond acceptors (Lipinski definition) is 3. The van der Waals surface area contributed by atoms with Crippen molar-refractivity contribution in [2.24, 2.45) is 0 Å². The average Bonchev–Trinajstić information content (AvgIpc) is 3.08. The fraction of sp³-hybridized carbons (Fsp3) is 0.400. The van der Waals surface area contributed by atoms with Gasteiger partial charge >= 0.3 is 6.03 Å². The summed E-state index contributed by atoms with van der Waals surface area (Å²) >= 11 is 0. The van der Waals surface area contributed by atoms with Gasteiger partial charge in [-0.25, -0.2) is 4.79 Å². The van der Waals surface area contributed by atoms with Crippen molar-refractivity contribution in [3.63, 3.8) is 0 Å². The SMILES string of the molecule is Cc1cccc(CNC(=O)N2CCCC2CC(O)c2ccccc2)n1. The summed E-state index contributed by atoms with van der Waals surface area (Å²) in [5.74, 6) is 0. The van der Waals surface area contributed by atoms with Crippen LogP contribution in [0.15, 0.2) is 48.5 Å². The van der Waals surface area contributed by atoms with E-state index in [0.717, 1.165) is 36.3 Å². The molecule has 2 amide bonds. The lowest BCUT2D eigenvalue weighted by molar-refractivity contribution is 0.126. The third kappa shape index (κ3) is 4.57. The number of carbonyl (C=O) groups is 1. The summed E-state index contributed by atoms with van der Waals surface area (Å²) in [5, 5.41) is 13.4. The van der Waals surface area contributed by atoms with Crippen molar-refractivity contribution in [1.29, 1.82) is 0 Å². The lowest BCUT2D eigenvalue weighted by Gasteiger charge is -2.27. The molecule has 3 rings (SSSR count). The summed E-state index contributed by atoms with van der Waals surface area (Å²) < 4.78 is 0. The second-order valence-electron chi connectivity index (χ2n) is 6.58. The molecule has 132 valence electrons. The molecule has 0 radical (unpaired) electrons. The number of urea groups is 1. The number of nitrogens with zero attached hydrogens (tertiary/aromatic N) is 2. The predicted molar refractivity (Wildman–Crippen MR) is 97.0 cm³/mol. The number of aromatic nitrogens is 1. The fourth-order valence-electron chi connectivity index (χ4n) is 3.38. The Bertz CT molecular complexity index is 705. The molecule has 1 aliphatic rings. The summed E-state index contributed by atoms with van der Waals surface area (Å²) in [6.45, 7) is 3.09. The zero-order valence-electron chi connectivity index (χ0n) is 14.6. The number of aliphatic hydroxyl groups is 1. The van der Waals surface area contributed by atoms with E-state index in [0.29, 0.717) is 13.0 Å². The maximum Gasteiger partial charge on any atom is 0.317 e. The van der Waals surface area contributed by atoms with Crippen LogP contribution in [-0.4, -0.2) is 33.6 Å². The van der Waals surface area contributed by atoms with E-state index in [1.807, 2.05) is 60.4 Å². The largest absolute Gasteiger partial charge is 0.388 e. The van der Waals surface area contributed by atoms with Crippen LogP contribution in [0.2, 0.25) is 0 Å². The van der Waals surface area contributed by atoms with E-state index in [2.05, 4.69) is 10.3 Å². The minimum atomic E-state index is -0.543. The Morgan fingerprint density at radius 3 is 2.84 bits per heavy atom. The van der Waals surface area contributed by atoms with E-state index in [1.54, 1.807) is 0 Å². The molecular formula is C20H25N3O2. The van der Waals surface area contributed by atoms with Gasteiger partial charge < -0.3 is 15.3 Å². The topological polar surface area (TPSA) is 65.5 Å². The smallest absolute Gasteiger partial charge is 0.317 e. The molecule has 2 atom stereocenters. The molecule has 2 heterocycles. The molecule has 1 saturated heterocycles. The Morgan fingerprint density at radius 2 is 2.08 bits per heavy atom. The van der Waals surface area contributed by atoms with Crippen LogP contribution in [0.5, 0.6) is 0 Å². The molecule has 2 N–H and O–H groups in total. The first-order valence-electron chi connectivity index (χ1n) is 8.83. The van der Waals surface area contributed by atoms with E-state index in [4.69, 9.17) is 0 Å². The minimum Gasteiger partial charge on any atom is -0.388 e. The maximum absolute atomic E-state index is 12.5. The van der Waals surface area contributed by atoms with Gasteiger partial charge in [0.25, 0.3) is 0 Å². The molecule has 1 aliphatic heterocycles. The van der Waals surface area contributed by atoms with Crippen LogP contribution in [0.1, 0.15) is 42.3 Å². The zero-order chi connectivity index (χ0) is 17.6. The number of amides is 2. The Morgan fingerprint density at radius 1 is 1.28 bits per heavy atom. The number of aryl methyl sites for hydroxylation is 1. The second kappa shape index (κ2) is 8.12. The zero-order valence-corrected chi connectivity index (χ0v) is 14.6. The fourth-order valence-corrected chi connectivity index (χ4v) is 3.38. The first kappa shape index (κ1) is 17.4. The summed E-state index contributed by atoms with van der Waals surface area (Å²) in [6, 6.07) is 15.4. The van der Waals surface area contributed by atoms with Gasteiger partial charge in [0.05, 0.1) is 18.3 Å². The van der Waals surface area contributed by atoms with Crippen LogP contribution in [0.4, 0.5) is 4.79 Å². The van der Waals surface area contributed by atoms with Crippen molar-refractivity contribution in [1.82, 2.24) is 15.2 Å². The quantitative estimate of drug-likeness (QED) is 0.879. The number of hydrogen-bond donors (Lipinski definition) is 2. The van der Waals surface area contributed by atoms with Crippen LogP contribution in [-0.2, 0) is 6.54 Å². The summed E-state index contributed by atoms with van der Waals surface area (Å²) in [7, 11) is 0. The van der Waals surface area contributed by atoms with Crippen molar-refractivity contribution < 1.29 is 9.90 Å². The maximum atomic E-state index is 12.5. The van der Waals surface area contributed by atoms with Gasteiger partial charge in [-0.3, -0.25) is 4.98 Å². The number of rotatable bonds is 5. The van der Waals surface area contributed by atoms with Gasteiger partial charge in [0, 0.05) is 18.3 Å². The average molecular weight is 339 g/mol. The van der Waals surface area contributed by atoms with E-state index >= 15 is 0 Å². The van der Waals surface area contributed by atoms with Crippen LogP contribution < -0.4 is 5.32 Å². The number of aliphatic hydroxyl groups excluding tert-OH is 1. The highest BCUT2D eigenvalue weighted by atomic mass is 16.3. The first-order chi connectivity index (χ1) is 12.1. The Hall–Kier alpha value is -2.40. The standard InChI is InChI=1S/C20H25N3O2/c1-15-7-5-10-17(22-15)14-21-20(25)23-12-6-11-18(23)13-19(24)16-8-3-2-4-9-16/h2-5,7-10,18-19,24H,6,11-14H2,1H3,(H,21,25). The van der Waals surface area contributed by atoms with Crippen molar-refractivity contribution >= 4 is 6.03 Å². The van der Waals surface area contributed by atoms with Gasteiger partial charge in [0.15, 0.2) is 0 Å². The number of benzene rings is 1. The molecule has 2 aromatic rings. The summed E-state index contributed by atoms with van der Waals surface area (Å²) in [5.41, 5.74) is 2.70. The number of likely N-dealkylation sites (tertiary alicyclic amines) is 1. The first-order valence-corrected chi connectivity index (χ1v) is 8.83. The van der Waals surface area contributed by atoms with Crippen LogP contribution in [0.25, 0.3) is 0 Å². The van der Waals surface area contributed by atoms with Gasteiger partial charge in [-0.15, -0.1) is 0 Å². The number of carbonyl (C=O) groups excluding carboxylic acids is 1. The molecule has 2 unspecified atom stereocenters. The molecule has 0 bridgehead atoms. The van der Waals surface area contributed by atoms with E-state index in [-0.39, 0.29) is 12.1 Å². The highest BCUT2D eigenvalue weighted by molar-refractivity contribution is 5.74. The lowest BCUT2D eigenvalue weighted by Crippen LogP contribution is -2.43.